The Morgan fingerprint density at radius 1 is 1.40 bits per heavy atom. The topological polar surface area (TPSA) is 92.4 Å². The number of hydrogen-bond donors (Lipinski definition) is 2. The van der Waals surface area contributed by atoms with Gasteiger partial charge in [0.15, 0.2) is 0 Å². The molecule has 1 aliphatic carbocycles. The molecule has 20 heavy (non-hydrogen) atoms. The molecule has 0 radical (unpaired) electrons. The summed E-state index contributed by atoms with van der Waals surface area (Å²) < 4.78 is 5.05. The van der Waals surface area contributed by atoms with Crippen molar-refractivity contribution in [3.8, 4) is 0 Å². The number of carboxylic acids is 1. The van der Waals surface area contributed by atoms with Crippen LogP contribution in [-0.4, -0.2) is 28.2 Å². The Kier molecular flexibility index (Phi) is 4.42. The molecule has 6 heteroatoms. The van der Waals surface area contributed by atoms with Crippen molar-refractivity contribution in [3.05, 3.63) is 17.0 Å². The molecule has 0 spiro atoms. The van der Waals surface area contributed by atoms with E-state index in [-0.39, 0.29) is 17.9 Å². The number of aryl methyl sites for hydroxylation is 2. The van der Waals surface area contributed by atoms with Crippen LogP contribution in [0.1, 0.15) is 42.7 Å². The van der Waals surface area contributed by atoms with Crippen LogP contribution in [0.25, 0.3) is 0 Å². The van der Waals surface area contributed by atoms with Gasteiger partial charge in [-0.1, -0.05) is 5.16 Å². The summed E-state index contributed by atoms with van der Waals surface area (Å²) in [6, 6.07) is -0.00623. The quantitative estimate of drug-likeness (QED) is 0.854. The lowest BCUT2D eigenvalue weighted by molar-refractivity contribution is -0.141. The molecule has 0 aliphatic heterocycles. The largest absolute Gasteiger partial charge is 0.481 e. The molecule has 1 aromatic rings. The summed E-state index contributed by atoms with van der Waals surface area (Å²) in [7, 11) is 0. The molecule has 1 aliphatic rings. The second-order valence-corrected chi connectivity index (χ2v) is 5.42. The summed E-state index contributed by atoms with van der Waals surface area (Å²) in [5, 5.41) is 15.7. The number of nitrogens with one attached hydrogen (secondary N) is 1. The van der Waals surface area contributed by atoms with Gasteiger partial charge in [0.25, 0.3) is 0 Å². The van der Waals surface area contributed by atoms with E-state index in [0.29, 0.717) is 25.7 Å². The Morgan fingerprint density at radius 3 is 2.70 bits per heavy atom. The second-order valence-electron chi connectivity index (χ2n) is 5.42. The van der Waals surface area contributed by atoms with Gasteiger partial charge in [-0.3, -0.25) is 9.59 Å². The highest BCUT2D eigenvalue weighted by atomic mass is 16.5. The maximum Gasteiger partial charge on any atom is 0.306 e. The molecule has 0 unspecified atom stereocenters. The molecule has 2 N–H and O–H groups in total. The first-order valence-electron chi connectivity index (χ1n) is 6.91. The van der Waals surface area contributed by atoms with Crippen molar-refractivity contribution in [3.63, 3.8) is 0 Å². The molecule has 1 fully saturated rings. The number of amides is 1. The number of nitrogens with zero attached hydrogens (tertiary/aromatic N) is 1. The smallest absolute Gasteiger partial charge is 0.306 e. The van der Waals surface area contributed by atoms with E-state index in [1.807, 2.05) is 13.8 Å². The van der Waals surface area contributed by atoms with E-state index in [0.717, 1.165) is 23.4 Å². The first kappa shape index (κ1) is 14.6. The predicted molar refractivity (Wildman–Crippen MR) is 71.2 cm³/mol. The molecule has 1 amide bonds. The number of aromatic nitrogens is 1. The Labute approximate surface area is 117 Å². The molecule has 2 rings (SSSR count). The van der Waals surface area contributed by atoms with E-state index in [1.165, 1.54) is 0 Å². The SMILES string of the molecule is Cc1noc(C)c1CCC(=O)N[C@H]1CC[C@@H](C(=O)O)C1. The normalized spacial score (nSPS) is 21.9. The molecule has 6 nitrogen and oxygen atoms in total. The number of aliphatic carboxylic acids is 1. The minimum absolute atomic E-state index is 0.00623. The van der Waals surface area contributed by atoms with Crippen LogP contribution < -0.4 is 5.32 Å². The maximum atomic E-state index is 11.9. The van der Waals surface area contributed by atoms with Gasteiger partial charge in [0.05, 0.1) is 11.6 Å². The van der Waals surface area contributed by atoms with Gasteiger partial charge in [-0.05, 0) is 39.5 Å². The van der Waals surface area contributed by atoms with Crippen LogP contribution in [0.2, 0.25) is 0 Å². The van der Waals surface area contributed by atoms with Gasteiger partial charge in [-0.15, -0.1) is 0 Å². The minimum atomic E-state index is -0.766. The second kappa shape index (κ2) is 6.07. The fourth-order valence-corrected chi connectivity index (χ4v) is 2.73. The molecule has 0 aromatic carbocycles. The molecule has 0 saturated heterocycles. The van der Waals surface area contributed by atoms with Crippen molar-refractivity contribution in [2.45, 2.75) is 52.0 Å². The van der Waals surface area contributed by atoms with Crippen LogP contribution in [0.5, 0.6) is 0 Å². The maximum absolute atomic E-state index is 11.9. The molecule has 1 aromatic heterocycles. The van der Waals surface area contributed by atoms with Gasteiger partial charge >= 0.3 is 5.97 Å². The first-order valence-corrected chi connectivity index (χ1v) is 6.91. The zero-order valence-corrected chi connectivity index (χ0v) is 11.8. The van der Waals surface area contributed by atoms with Gasteiger partial charge < -0.3 is 14.9 Å². The van der Waals surface area contributed by atoms with E-state index >= 15 is 0 Å². The average molecular weight is 280 g/mol. The summed E-state index contributed by atoms with van der Waals surface area (Å²) in [5.41, 5.74) is 1.80. The van der Waals surface area contributed by atoms with E-state index in [9.17, 15) is 9.59 Å². The monoisotopic (exact) mass is 280 g/mol. The zero-order chi connectivity index (χ0) is 14.7. The van der Waals surface area contributed by atoms with E-state index in [2.05, 4.69) is 10.5 Å². The lowest BCUT2D eigenvalue weighted by Crippen LogP contribution is -2.33. The molecule has 0 bridgehead atoms. The van der Waals surface area contributed by atoms with Crippen molar-refractivity contribution < 1.29 is 19.2 Å². The number of hydrogen-bond acceptors (Lipinski definition) is 4. The molecular formula is C14H20N2O4. The fourth-order valence-electron chi connectivity index (χ4n) is 2.73. The van der Waals surface area contributed by atoms with Crippen molar-refractivity contribution in [1.82, 2.24) is 10.5 Å². The van der Waals surface area contributed by atoms with Crippen molar-refractivity contribution >= 4 is 11.9 Å². The zero-order valence-electron chi connectivity index (χ0n) is 11.8. The highest BCUT2D eigenvalue weighted by Gasteiger charge is 2.30. The lowest BCUT2D eigenvalue weighted by Gasteiger charge is -2.12. The van der Waals surface area contributed by atoms with Crippen LogP contribution in [0.3, 0.4) is 0 Å². The molecule has 2 atom stereocenters. The Morgan fingerprint density at radius 2 is 2.15 bits per heavy atom. The highest BCUT2D eigenvalue weighted by molar-refractivity contribution is 5.77. The fraction of sp³-hybridized carbons (Fsp3) is 0.643. The number of carbonyl (C=O) groups is 2. The summed E-state index contributed by atoms with van der Waals surface area (Å²) in [6.45, 7) is 3.69. The predicted octanol–water partition coefficient (Wildman–Crippen LogP) is 1.59. The van der Waals surface area contributed by atoms with E-state index in [1.54, 1.807) is 0 Å². The van der Waals surface area contributed by atoms with Crippen molar-refractivity contribution in [1.29, 1.82) is 0 Å². The van der Waals surface area contributed by atoms with Crippen LogP contribution in [0.4, 0.5) is 0 Å². The van der Waals surface area contributed by atoms with Crippen LogP contribution in [0.15, 0.2) is 4.52 Å². The van der Waals surface area contributed by atoms with Crippen LogP contribution in [-0.2, 0) is 16.0 Å². The number of carboxylic acid groups (broad SMARTS) is 1. The summed E-state index contributed by atoms with van der Waals surface area (Å²) in [5.74, 6) is -0.372. The van der Waals surface area contributed by atoms with Gasteiger partial charge in [-0.25, -0.2) is 0 Å². The van der Waals surface area contributed by atoms with E-state index < -0.39 is 5.97 Å². The third kappa shape index (κ3) is 3.37. The van der Waals surface area contributed by atoms with Crippen molar-refractivity contribution in [2.75, 3.05) is 0 Å². The summed E-state index contributed by atoms with van der Waals surface area (Å²) in [4.78, 5) is 22.7. The first-order chi connectivity index (χ1) is 9.47. The number of carbonyl (C=O) groups excluding carboxylic acids is 1. The minimum Gasteiger partial charge on any atom is -0.481 e. The Hall–Kier alpha value is -1.85. The number of rotatable bonds is 5. The van der Waals surface area contributed by atoms with Crippen molar-refractivity contribution in [2.24, 2.45) is 5.92 Å². The third-order valence-corrected chi connectivity index (χ3v) is 3.93. The Balaban J connectivity index is 1.78. The highest BCUT2D eigenvalue weighted by Crippen LogP contribution is 2.25. The van der Waals surface area contributed by atoms with E-state index in [4.69, 9.17) is 9.63 Å². The molecule has 1 saturated carbocycles. The molecular weight excluding hydrogens is 260 g/mol. The van der Waals surface area contributed by atoms with Gasteiger partial charge in [0.2, 0.25) is 5.91 Å². The van der Waals surface area contributed by atoms with Crippen LogP contribution >= 0.6 is 0 Å². The Bertz CT molecular complexity index is 490. The van der Waals surface area contributed by atoms with Crippen LogP contribution in [0, 0.1) is 19.8 Å². The van der Waals surface area contributed by atoms with Gasteiger partial charge in [-0.2, -0.15) is 0 Å². The van der Waals surface area contributed by atoms with Gasteiger partial charge in [0.1, 0.15) is 5.76 Å². The summed E-state index contributed by atoms with van der Waals surface area (Å²) >= 11 is 0. The third-order valence-electron chi connectivity index (χ3n) is 3.93. The average Bonchev–Trinajstić information content (AvgIpc) is 2.96. The molecule has 110 valence electrons. The lowest BCUT2D eigenvalue weighted by atomic mass is 10.1. The van der Waals surface area contributed by atoms with Gasteiger partial charge in [0, 0.05) is 18.0 Å². The summed E-state index contributed by atoms with van der Waals surface area (Å²) in [6.07, 6.45) is 2.89. The molecule has 1 heterocycles. The standard InChI is InChI=1S/C14H20N2O4/c1-8-12(9(2)20-16-8)5-6-13(17)15-11-4-3-10(7-11)14(18)19/h10-11H,3-7H2,1-2H3,(H,15,17)(H,18,19)/t10-,11+/m1/s1.